The summed E-state index contributed by atoms with van der Waals surface area (Å²) in [6.45, 7) is 3.86. The molecular weight excluding hydrogens is 176 g/mol. The minimum atomic E-state index is -0.380. The fourth-order valence-electron chi connectivity index (χ4n) is 2.03. The van der Waals surface area contributed by atoms with Crippen LogP contribution in [-0.2, 0) is 4.79 Å². The summed E-state index contributed by atoms with van der Waals surface area (Å²) in [7, 11) is 0. The fraction of sp³-hybridized carbons (Fsp3) is 0.750. The lowest BCUT2D eigenvalue weighted by atomic mass is 9.91. The minimum absolute atomic E-state index is 0.0966. The number of carbonyl (C=O) groups is 1. The van der Waals surface area contributed by atoms with E-state index in [9.17, 15) is 9.90 Å². The number of aliphatic hydroxyl groups excluding tert-OH is 1. The zero-order valence-electron chi connectivity index (χ0n) is 9.12. The van der Waals surface area contributed by atoms with Gasteiger partial charge in [-0.3, -0.25) is 4.79 Å². The van der Waals surface area contributed by atoms with Crippen molar-refractivity contribution < 1.29 is 9.90 Å². The van der Waals surface area contributed by atoms with Gasteiger partial charge in [-0.1, -0.05) is 19.4 Å². The minimum Gasteiger partial charge on any atom is -0.393 e. The van der Waals surface area contributed by atoms with Crippen molar-refractivity contribution in [3.05, 3.63) is 11.6 Å². The Morgan fingerprint density at radius 1 is 1.71 bits per heavy atom. The average molecular weight is 196 g/mol. The van der Waals surface area contributed by atoms with E-state index in [2.05, 4.69) is 6.92 Å². The van der Waals surface area contributed by atoms with Crippen molar-refractivity contribution in [3.63, 3.8) is 0 Å². The Hall–Kier alpha value is -0.630. The van der Waals surface area contributed by atoms with Gasteiger partial charge in [0.1, 0.15) is 0 Å². The van der Waals surface area contributed by atoms with E-state index in [1.807, 2.05) is 6.08 Å². The molecule has 0 bridgehead atoms. The molecule has 2 unspecified atom stereocenters. The largest absolute Gasteiger partial charge is 0.393 e. The standard InChI is InChI=1S/C12H20O2/c1-3-4-8-12(14)11-7-5-6-10(11)9(2)13/h7,9-10,13H,3-6,8H2,1-2H3. The van der Waals surface area contributed by atoms with Crippen LogP contribution in [0.2, 0.25) is 0 Å². The first-order valence-electron chi connectivity index (χ1n) is 5.58. The van der Waals surface area contributed by atoms with Crippen LogP contribution in [0.5, 0.6) is 0 Å². The average Bonchev–Trinajstić information content (AvgIpc) is 2.62. The molecule has 14 heavy (non-hydrogen) atoms. The molecule has 1 N–H and O–H groups in total. The predicted molar refractivity (Wildman–Crippen MR) is 57.0 cm³/mol. The van der Waals surface area contributed by atoms with Crippen LogP contribution in [0.15, 0.2) is 11.6 Å². The number of aliphatic hydroxyl groups is 1. The first-order chi connectivity index (χ1) is 6.66. The quantitative estimate of drug-likeness (QED) is 0.733. The third kappa shape index (κ3) is 2.68. The Morgan fingerprint density at radius 3 is 3.00 bits per heavy atom. The van der Waals surface area contributed by atoms with Gasteiger partial charge in [0.2, 0.25) is 0 Å². The monoisotopic (exact) mass is 196 g/mol. The lowest BCUT2D eigenvalue weighted by Gasteiger charge is -2.16. The highest BCUT2D eigenvalue weighted by Gasteiger charge is 2.27. The Balaban J connectivity index is 2.53. The number of Topliss-reactive ketones (excluding diaryl/α,β-unsaturated/α-hetero) is 1. The second-order valence-corrected chi connectivity index (χ2v) is 4.11. The van der Waals surface area contributed by atoms with Crippen LogP contribution in [-0.4, -0.2) is 17.0 Å². The summed E-state index contributed by atoms with van der Waals surface area (Å²) in [5.41, 5.74) is 0.883. The zero-order valence-corrected chi connectivity index (χ0v) is 9.12. The van der Waals surface area contributed by atoms with Crippen molar-refractivity contribution in [2.75, 3.05) is 0 Å². The van der Waals surface area contributed by atoms with Crippen molar-refractivity contribution in [2.45, 2.75) is 52.1 Å². The molecule has 2 heteroatoms. The number of rotatable bonds is 5. The molecule has 1 aliphatic carbocycles. The van der Waals surface area contributed by atoms with Gasteiger partial charge < -0.3 is 5.11 Å². The van der Waals surface area contributed by atoms with Crippen molar-refractivity contribution in [3.8, 4) is 0 Å². The number of carbonyl (C=O) groups excluding carboxylic acids is 1. The lowest BCUT2D eigenvalue weighted by molar-refractivity contribution is -0.116. The molecule has 0 spiro atoms. The summed E-state index contributed by atoms with van der Waals surface area (Å²) in [4.78, 5) is 11.7. The van der Waals surface area contributed by atoms with Gasteiger partial charge >= 0.3 is 0 Å². The van der Waals surface area contributed by atoms with Crippen LogP contribution in [0, 0.1) is 5.92 Å². The van der Waals surface area contributed by atoms with Gasteiger partial charge in [-0.05, 0) is 31.8 Å². The van der Waals surface area contributed by atoms with Gasteiger partial charge in [0.25, 0.3) is 0 Å². The van der Waals surface area contributed by atoms with Crippen LogP contribution in [0.1, 0.15) is 46.0 Å². The zero-order chi connectivity index (χ0) is 10.6. The molecule has 1 aliphatic rings. The van der Waals surface area contributed by atoms with E-state index < -0.39 is 0 Å². The maximum Gasteiger partial charge on any atom is 0.158 e. The van der Waals surface area contributed by atoms with Gasteiger partial charge in [0, 0.05) is 12.3 Å². The van der Waals surface area contributed by atoms with E-state index in [1.54, 1.807) is 6.92 Å². The van der Waals surface area contributed by atoms with Crippen LogP contribution >= 0.6 is 0 Å². The third-order valence-electron chi connectivity index (χ3n) is 2.90. The Morgan fingerprint density at radius 2 is 2.43 bits per heavy atom. The van der Waals surface area contributed by atoms with Gasteiger partial charge in [0.15, 0.2) is 5.78 Å². The third-order valence-corrected chi connectivity index (χ3v) is 2.90. The van der Waals surface area contributed by atoms with Crippen LogP contribution < -0.4 is 0 Å². The number of hydrogen-bond acceptors (Lipinski definition) is 2. The SMILES string of the molecule is CCCCC(=O)C1=CCCC1C(C)O. The molecule has 0 radical (unpaired) electrons. The number of allylic oxidation sites excluding steroid dienone is 1. The topological polar surface area (TPSA) is 37.3 Å². The Bertz CT molecular complexity index is 228. The summed E-state index contributed by atoms with van der Waals surface area (Å²) < 4.78 is 0. The molecule has 80 valence electrons. The van der Waals surface area contributed by atoms with Gasteiger partial charge in [-0.2, -0.15) is 0 Å². The molecular formula is C12H20O2. The van der Waals surface area contributed by atoms with Crippen LogP contribution in [0.3, 0.4) is 0 Å². The van der Waals surface area contributed by atoms with Crippen LogP contribution in [0.4, 0.5) is 0 Å². The highest BCUT2D eigenvalue weighted by Crippen LogP contribution is 2.30. The first kappa shape index (κ1) is 11.4. The predicted octanol–water partition coefficient (Wildman–Crippen LogP) is 2.46. The molecule has 0 aromatic heterocycles. The summed E-state index contributed by atoms with van der Waals surface area (Å²) in [6, 6.07) is 0. The van der Waals surface area contributed by atoms with E-state index in [0.29, 0.717) is 6.42 Å². The van der Waals surface area contributed by atoms with E-state index in [-0.39, 0.29) is 17.8 Å². The van der Waals surface area contributed by atoms with E-state index in [4.69, 9.17) is 0 Å². The van der Waals surface area contributed by atoms with E-state index >= 15 is 0 Å². The molecule has 2 nitrogen and oxygen atoms in total. The highest BCUT2D eigenvalue weighted by atomic mass is 16.3. The second-order valence-electron chi connectivity index (χ2n) is 4.11. The molecule has 0 aromatic rings. The number of hydrogen-bond donors (Lipinski definition) is 1. The van der Waals surface area contributed by atoms with Crippen molar-refractivity contribution in [2.24, 2.45) is 5.92 Å². The number of unbranched alkanes of at least 4 members (excludes halogenated alkanes) is 1. The molecule has 0 saturated heterocycles. The van der Waals surface area contributed by atoms with Crippen molar-refractivity contribution in [1.82, 2.24) is 0 Å². The van der Waals surface area contributed by atoms with Gasteiger partial charge in [0.05, 0.1) is 6.10 Å². The molecule has 0 saturated carbocycles. The molecule has 0 aliphatic heterocycles. The summed E-state index contributed by atoms with van der Waals surface area (Å²) in [6.07, 6.45) is 6.17. The molecule has 2 atom stereocenters. The normalized spacial score (nSPS) is 23.4. The maximum atomic E-state index is 11.7. The van der Waals surface area contributed by atoms with Crippen molar-refractivity contribution in [1.29, 1.82) is 0 Å². The summed E-state index contributed by atoms with van der Waals surface area (Å²) in [5.74, 6) is 0.342. The fourth-order valence-corrected chi connectivity index (χ4v) is 2.03. The van der Waals surface area contributed by atoms with E-state index in [0.717, 1.165) is 31.3 Å². The Labute approximate surface area is 86.0 Å². The smallest absolute Gasteiger partial charge is 0.158 e. The molecule has 0 heterocycles. The molecule has 1 rings (SSSR count). The highest BCUT2D eigenvalue weighted by molar-refractivity contribution is 5.96. The maximum absolute atomic E-state index is 11.7. The van der Waals surface area contributed by atoms with Crippen molar-refractivity contribution >= 4 is 5.78 Å². The molecule has 0 aromatic carbocycles. The van der Waals surface area contributed by atoms with Crippen LogP contribution in [0.25, 0.3) is 0 Å². The number of ketones is 1. The molecule has 0 amide bonds. The van der Waals surface area contributed by atoms with Gasteiger partial charge in [-0.25, -0.2) is 0 Å². The van der Waals surface area contributed by atoms with Gasteiger partial charge in [-0.15, -0.1) is 0 Å². The lowest BCUT2D eigenvalue weighted by Crippen LogP contribution is -2.20. The summed E-state index contributed by atoms with van der Waals surface area (Å²) >= 11 is 0. The second kappa shape index (κ2) is 5.30. The summed E-state index contributed by atoms with van der Waals surface area (Å²) in [5, 5.41) is 9.50. The Kier molecular flexibility index (Phi) is 4.33. The van der Waals surface area contributed by atoms with E-state index in [1.165, 1.54) is 0 Å². The molecule has 0 fully saturated rings. The first-order valence-corrected chi connectivity index (χ1v) is 5.58.